The third kappa shape index (κ3) is 3.57. The molecule has 0 aromatic carbocycles. The van der Waals surface area contributed by atoms with Crippen LogP contribution in [0.3, 0.4) is 0 Å². The SMILES string of the molecule is CCN(CC1CCCCN1)C(=O)c1cc(C)c(C)s1. The monoisotopic (exact) mass is 280 g/mol. The quantitative estimate of drug-likeness (QED) is 0.919. The predicted molar refractivity (Wildman–Crippen MR) is 81.0 cm³/mol. The molecule has 1 aliphatic heterocycles. The van der Waals surface area contributed by atoms with E-state index in [1.165, 1.54) is 29.7 Å². The molecule has 0 radical (unpaired) electrons. The molecule has 19 heavy (non-hydrogen) atoms. The van der Waals surface area contributed by atoms with Gasteiger partial charge in [0.05, 0.1) is 4.88 Å². The van der Waals surface area contributed by atoms with Crippen molar-refractivity contribution in [2.45, 2.75) is 46.1 Å². The molecule has 3 nitrogen and oxygen atoms in total. The summed E-state index contributed by atoms with van der Waals surface area (Å²) in [5.74, 6) is 0.191. The molecule has 2 rings (SSSR count). The van der Waals surface area contributed by atoms with Crippen LogP contribution >= 0.6 is 11.3 Å². The summed E-state index contributed by atoms with van der Waals surface area (Å²) in [5.41, 5.74) is 1.22. The molecule has 0 spiro atoms. The number of thiophene rings is 1. The fourth-order valence-electron chi connectivity index (χ4n) is 2.54. The third-order valence-corrected chi connectivity index (χ3v) is 5.04. The number of nitrogens with zero attached hydrogens (tertiary/aromatic N) is 1. The fourth-order valence-corrected chi connectivity index (χ4v) is 3.54. The summed E-state index contributed by atoms with van der Waals surface area (Å²) in [4.78, 5) is 16.6. The normalized spacial score (nSPS) is 19.4. The van der Waals surface area contributed by atoms with Crippen molar-refractivity contribution in [3.8, 4) is 0 Å². The lowest BCUT2D eigenvalue weighted by Crippen LogP contribution is -2.45. The minimum atomic E-state index is 0.191. The number of amides is 1. The predicted octanol–water partition coefficient (Wildman–Crippen LogP) is 2.97. The number of hydrogen-bond donors (Lipinski definition) is 1. The van der Waals surface area contributed by atoms with Gasteiger partial charge in [-0.25, -0.2) is 0 Å². The van der Waals surface area contributed by atoms with Crippen molar-refractivity contribution in [1.29, 1.82) is 0 Å². The molecule has 2 heterocycles. The van der Waals surface area contributed by atoms with E-state index in [-0.39, 0.29) is 5.91 Å². The zero-order valence-electron chi connectivity index (χ0n) is 12.2. The first-order valence-corrected chi connectivity index (χ1v) is 8.03. The Bertz CT molecular complexity index is 416. The molecule has 106 valence electrons. The number of hydrogen-bond acceptors (Lipinski definition) is 3. The van der Waals surface area contributed by atoms with Crippen LogP contribution in [0, 0.1) is 13.8 Å². The van der Waals surface area contributed by atoms with Crippen molar-refractivity contribution in [3.05, 3.63) is 21.4 Å². The summed E-state index contributed by atoms with van der Waals surface area (Å²) in [7, 11) is 0. The second kappa shape index (κ2) is 6.53. The number of piperidine rings is 1. The van der Waals surface area contributed by atoms with Crippen molar-refractivity contribution in [2.24, 2.45) is 0 Å². The summed E-state index contributed by atoms with van der Waals surface area (Å²) >= 11 is 1.62. The van der Waals surface area contributed by atoms with Gasteiger partial charge in [0.2, 0.25) is 0 Å². The van der Waals surface area contributed by atoms with Gasteiger partial charge in [0.1, 0.15) is 0 Å². The van der Waals surface area contributed by atoms with Crippen LogP contribution in [0.1, 0.15) is 46.3 Å². The molecule has 1 aromatic rings. The van der Waals surface area contributed by atoms with E-state index in [9.17, 15) is 4.79 Å². The van der Waals surface area contributed by atoms with E-state index >= 15 is 0 Å². The van der Waals surface area contributed by atoms with Gasteiger partial charge in [0, 0.05) is 24.0 Å². The van der Waals surface area contributed by atoms with Crippen LogP contribution < -0.4 is 5.32 Å². The highest BCUT2D eigenvalue weighted by Gasteiger charge is 2.21. The molecule has 1 amide bonds. The van der Waals surface area contributed by atoms with Crippen LogP contribution in [-0.2, 0) is 0 Å². The number of carbonyl (C=O) groups excluding carboxylic acids is 1. The van der Waals surface area contributed by atoms with Crippen LogP contribution in [0.25, 0.3) is 0 Å². The van der Waals surface area contributed by atoms with E-state index in [2.05, 4.69) is 26.1 Å². The molecule has 1 N–H and O–H groups in total. The van der Waals surface area contributed by atoms with Crippen LogP contribution in [-0.4, -0.2) is 36.5 Å². The highest BCUT2D eigenvalue weighted by Crippen LogP contribution is 2.22. The average Bonchev–Trinajstić information content (AvgIpc) is 2.76. The Hall–Kier alpha value is -0.870. The number of nitrogens with one attached hydrogen (secondary N) is 1. The van der Waals surface area contributed by atoms with Gasteiger partial charge in [0.15, 0.2) is 0 Å². The molecule has 1 atom stereocenters. The largest absolute Gasteiger partial charge is 0.337 e. The van der Waals surface area contributed by atoms with Crippen LogP contribution in [0.2, 0.25) is 0 Å². The Morgan fingerprint density at radius 1 is 1.47 bits per heavy atom. The fraction of sp³-hybridized carbons (Fsp3) is 0.667. The Balaban J connectivity index is 2.01. The highest BCUT2D eigenvalue weighted by atomic mass is 32.1. The standard InChI is InChI=1S/C15H24N2OS/c1-4-17(10-13-7-5-6-8-16-13)15(18)14-9-11(2)12(3)19-14/h9,13,16H,4-8,10H2,1-3H3. The van der Waals surface area contributed by atoms with Gasteiger partial charge in [0.25, 0.3) is 5.91 Å². The first kappa shape index (κ1) is 14.5. The molecule has 1 saturated heterocycles. The highest BCUT2D eigenvalue weighted by molar-refractivity contribution is 7.14. The Morgan fingerprint density at radius 2 is 2.26 bits per heavy atom. The summed E-state index contributed by atoms with van der Waals surface area (Å²) in [6, 6.07) is 2.50. The molecule has 1 fully saturated rings. The second-order valence-electron chi connectivity index (χ2n) is 5.34. The first-order chi connectivity index (χ1) is 9.11. The lowest BCUT2D eigenvalue weighted by Gasteiger charge is -2.29. The molecule has 4 heteroatoms. The minimum absolute atomic E-state index is 0.191. The van der Waals surface area contributed by atoms with Crippen molar-refractivity contribution < 1.29 is 4.79 Å². The van der Waals surface area contributed by atoms with Crippen molar-refractivity contribution >= 4 is 17.2 Å². The molecular weight excluding hydrogens is 256 g/mol. The number of rotatable bonds is 4. The first-order valence-electron chi connectivity index (χ1n) is 7.21. The van der Waals surface area contributed by atoms with Crippen molar-refractivity contribution in [3.63, 3.8) is 0 Å². The van der Waals surface area contributed by atoms with Gasteiger partial charge in [-0.3, -0.25) is 4.79 Å². The molecule has 1 unspecified atom stereocenters. The van der Waals surface area contributed by atoms with Gasteiger partial charge in [-0.15, -0.1) is 11.3 Å². The average molecular weight is 280 g/mol. The van der Waals surface area contributed by atoms with E-state index in [4.69, 9.17) is 0 Å². The summed E-state index contributed by atoms with van der Waals surface area (Å²) in [5, 5.41) is 3.52. The molecule has 1 aromatic heterocycles. The van der Waals surface area contributed by atoms with E-state index in [0.29, 0.717) is 6.04 Å². The van der Waals surface area contributed by atoms with Gasteiger partial charge in [-0.05, 0) is 51.8 Å². The van der Waals surface area contributed by atoms with Gasteiger partial charge in [-0.2, -0.15) is 0 Å². The number of likely N-dealkylation sites (N-methyl/N-ethyl adjacent to an activating group) is 1. The van der Waals surface area contributed by atoms with Crippen molar-refractivity contribution in [2.75, 3.05) is 19.6 Å². The molecule has 0 aliphatic carbocycles. The zero-order chi connectivity index (χ0) is 13.8. The second-order valence-corrected chi connectivity index (χ2v) is 6.60. The van der Waals surface area contributed by atoms with E-state index < -0.39 is 0 Å². The van der Waals surface area contributed by atoms with Gasteiger partial charge < -0.3 is 10.2 Å². The van der Waals surface area contributed by atoms with E-state index in [1.807, 2.05) is 11.0 Å². The van der Waals surface area contributed by atoms with E-state index in [1.54, 1.807) is 11.3 Å². The Kier molecular flexibility index (Phi) is 4.99. The Morgan fingerprint density at radius 3 is 2.79 bits per heavy atom. The third-order valence-electron chi connectivity index (χ3n) is 3.90. The molecule has 0 saturated carbocycles. The maximum absolute atomic E-state index is 12.5. The Labute approximate surface area is 120 Å². The lowest BCUT2D eigenvalue weighted by molar-refractivity contribution is 0.0746. The topological polar surface area (TPSA) is 32.3 Å². The molecular formula is C15H24N2OS. The smallest absolute Gasteiger partial charge is 0.263 e. The number of aryl methyl sites for hydroxylation is 2. The van der Waals surface area contributed by atoms with E-state index in [0.717, 1.165) is 24.5 Å². The van der Waals surface area contributed by atoms with Gasteiger partial charge in [-0.1, -0.05) is 6.42 Å². The maximum Gasteiger partial charge on any atom is 0.263 e. The van der Waals surface area contributed by atoms with Crippen molar-refractivity contribution in [1.82, 2.24) is 10.2 Å². The van der Waals surface area contributed by atoms with Crippen LogP contribution in [0.4, 0.5) is 0 Å². The lowest BCUT2D eigenvalue weighted by atomic mass is 10.0. The molecule has 0 bridgehead atoms. The van der Waals surface area contributed by atoms with Crippen LogP contribution in [0.15, 0.2) is 6.07 Å². The minimum Gasteiger partial charge on any atom is -0.337 e. The number of carbonyl (C=O) groups is 1. The maximum atomic E-state index is 12.5. The summed E-state index contributed by atoms with van der Waals surface area (Å²) in [6.45, 7) is 8.93. The zero-order valence-corrected chi connectivity index (χ0v) is 13.0. The van der Waals surface area contributed by atoms with Gasteiger partial charge >= 0.3 is 0 Å². The molecule has 1 aliphatic rings. The summed E-state index contributed by atoms with van der Waals surface area (Å²) in [6.07, 6.45) is 3.73. The van der Waals surface area contributed by atoms with Crippen LogP contribution in [0.5, 0.6) is 0 Å². The summed E-state index contributed by atoms with van der Waals surface area (Å²) < 4.78 is 0.